The maximum absolute atomic E-state index is 12.3. The molecule has 0 aliphatic heterocycles. The fourth-order valence-corrected chi connectivity index (χ4v) is 3.35. The van der Waals surface area contributed by atoms with Crippen LogP contribution in [0.25, 0.3) is 11.0 Å². The molecule has 10 heteroatoms. The minimum absolute atomic E-state index is 0.0882. The highest BCUT2D eigenvalue weighted by Crippen LogP contribution is 2.27. The third-order valence-corrected chi connectivity index (χ3v) is 4.94. The molecule has 0 spiro atoms. The second-order valence-corrected chi connectivity index (χ2v) is 7.36. The Bertz CT molecular complexity index is 1090. The molecule has 2 amide bonds. The number of hydrogen-bond acceptors (Lipinski definition) is 7. The number of benzene rings is 2. The van der Waals surface area contributed by atoms with E-state index in [1.807, 2.05) is 56.3 Å². The number of rotatable bonds is 6. The maximum Gasteiger partial charge on any atom is 0.413 e. The summed E-state index contributed by atoms with van der Waals surface area (Å²) in [7, 11) is 4.06. The number of imidazole rings is 1. The normalized spacial score (nSPS) is 11.1. The maximum atomic E-state index is 12.3. The number of H-pyrrole nitrogens is 1. The van der Waals surface area contributed by atoms with Crippen molar-refractivity contribution in [1.82, 2.24) is 9.97 Å². The molecule has 34 heavy (non-hydrogen) atoms. The number of aromatic amines is 1. The third-order valence-electron chi connectivity index (χ3n) is 4.94. The number of anilines is 2. The third kappa shape index (κ3) is 6.55. The number of methoxy groups -OCH3 is 3. The molecule has 0 saturated heterocycles. The van der Waals surface area contributed by atoms with Gasteiger partial charge in [-0.25, -0.2) is 14.6 Å². The lowest BCUT2D eigenvalue weighted by Crippen LogP contribution is -2.46. The van der Waals surface area contributed by atoms with E-state index < -0.39 is 18.1 Å². The summed E-state index contributed by atoms with van der Waals surface area (Å²) in [6.07, 6.45) is -0.538. The van der Waals surface area contributed by atoms with Crippen LogP contribution < -0.4 is 10.2 Å². The van der Waals surface area contributed by atoms with Crippen molar-refractivity contribution < 1.29 is 28.6 Å². The smallest absolute Gasteiger partial charge is 0.413 e. The molecule has 2 N–H and O–H groups in total. The number of para-hydroxylation sites is 3. The van der Waals surface area contributed by atoms with Gasteiger partial charge in [-0.3, -0.25) is 15.0 Å². The number of carbonyl (C=O) groups is 3. The first-order valence-electron chi connectivity index (χ1n) is 10.5. The lowest BCUT2D eigenvalue weighted by molar-refractivity contribution is -0.143. The predicted octanol–water partition coefficient (Wildman–Crippen LogP) is 3.59. The van der Waals surface area contributed by atoms with Crippen molar-refractivity contribution >= 4 is 40.6 Å². The summed E-state index contributed by atoms with van der Waals surface area (Å²) in [5.74, 6) is -0.349. The second kappa shape index (κ2) is 12.4. The number of ether oxygens (including phenoxy) is 3. The van der Waals surface area contributed by atoms with Gasteiger partial charge in [0.15, 0.2) is 0 Å². The fourth-order valence-electron chi connectivity index (χ4n) is 3.35. The minimum Gasteiger partial charge on any atom is -0.467 e. The van der Waals surface area contributed by atoms with Gasteiger partial charge in [-0.15, -0.1) is 0 Å². The van der Waals surface area contributed by atoms with Gasteiger partial charge in [0.2, 0.25) is 5.95 Å². The van der Waals surface area contributed by atoms with E-state index in [1.54, 1.807) is 6.92 Å². The van der Waals surface area contributed by atoms with Gasteiger partial charge in [-0.2, -0.15) is 0 Å². The van der Waals surface area contributed by atoms with Gasteiger partial charge in [0.25, 0.3) is 5.91 Å². The number of aryl methyl sites for hydroxylation is 2. The van der Waals surface area contributed by atoms with E-state index in [0.717, 1.165) is 27.8 Å². The van der Waals surface area contributed by atoms with Gasteiger partial charge in [0, 0.05) is 7.11 Å². The van der Waals surface area contributed by atoms with Crippen molar-refractivity contribution in [3.8, 4) is 0 Å². The lowest BCUT2D eigenvalue weighted by atomic mass is 10.1. The van der Waals surface area contributed by atoms with Crippen LogP contribution in [0.15, 0.2) is 42.5 Å². The van der Waals surface area contributed by atoms with E-state index in [4.69, 9.17) is 9.47 Å². The molecule has 1 atom stereocenters. The molecule has 0 unspecified atom stereocenters. The van der Waals surface area contributed by atoms with Crippen molar-refractivity contribution in [1.29, 1.82) is 0 Å². The van der Waals surface area contributed by atoms with E-state index in [0.29, 0.717) is 5.95 Å². The van der Waals surface area contributed by atoms with E-state index in [9.17, 15) is 14.4 Å². The molecule has 0 saturated carbocycles. The molecular weight excluding hydrogens is 440 g/mol. The van der Waals surface area contributed by atoms with Crippen LogP contribution in [0.5, 0.6) is 0 Å². The molecule has 1 aromatic heterocycles. The Labute approximate surface area is 198 Å². The Balaban J connectivity index is 0.000000254. The first-order chi connectivity index (χ1) is 16.2. The number of amides is 2. The van der Waals surface area contributed by atoms with Gasteiger partial charge in [-0.1, -0.05) is 30.3 Å². The SMILES string of the molecule is COC(=O)Nc1nc2ccccc2[nH]1.COCC(=O)N(c1c(C)cccc1C)[C@@H](C)C(=O)OC. The molecule has 0 aliphatic carbocycles. The van der Waals surface area contributed by atoms with Crippen molar-refractivity contribution in [2.45, 2.75) is 26.8 Å². The highest BCUT2D eigenvalue weighted by Gasteiger charge is 2.29. The largest absolute Gasteiger partial charge is 0.467 e. The molecule has 1 heterocycles. The van der Waals surface area contributed by atoms with Crippen LogP contribution in [0.3, 0.4) is 0 Å². The average Bonchev–Trinajstić information content (AvgIpc) is 3.23. The van der Waals surface area contributed by atoms with Crippen LogP contribution in [-0.4, -0.2) is 61.9 Å². The number of nitrogens with one attached hydrogen (secondary N) is 2. The van der Waals surface area contributed by atoms with E-state index in [1.165, 1.54) is 26.2 Å². The molecule has 0 bridgehead atoms. The van der Waals surface area contributed by atoms with Crippen LogP contribution in [-0.2, 0) is 23.8 Å². The monoisotopic (exact) mass is 470 g/mol. The molecule has 182 valence electrons. The van der Waals surface area contributed by atoms with Gasteiger partial charge in [-0.05, 0) is 44.0 Å². The van der Waals surface area contributed by atoms with Crippen LogP contribution in [0.2, 0.25) is 0 Å². The summed E-state index contributed by atoms with van der Waals surface area (Å²) in [5, 5.41) is 2.45. The van der Waals surface area contributed by atoms with E-state index in [2.05, 4.69) is 20.0 Å². The zero-order valence-corrected chi connectivity index (χ0v) is 20.2. The standard InChI is InChI=1S/C15H21NO4.C9H9N3O2/c1-10-7-6-8-11(2)14(10)16(13(17)9-19-4)12(3)15(18)20-5;1-14-9(13)12-8-10-6-4-2-3-5-7(6)11-8/h6-8,12H,9H2,1-5H3;2-5H,1H3,(H2,10,11,12,13)/t12-;/m0./s1. The number of hydrogen-bond donors (Lipinski definition) is 2. The van der Waals surface area contributed by atoms with Crippen LogP contribution >= 0.6 is 0 Å². The summed E-state index contributed by atoms with van der Waals surface area (Å²) < 4.78 is 14.1. The number of aromatic nitrogens is 2. The number of nitrogens with zero attached hydrogens (tertiary/aromatic N) is 2. The fraction of sp³-hybridized carbons (Fsp3) is 0.333. The molecule has 3 aromatic rings. The van der Waals surface area contributed by atoms with E-state index in [-0.39, 0.29) is 12.5 Å². The summed E-state index contributed by atoms with van der Waals surface area (Å²) >= 11 is 0. The molecule has 0 radical (unpaired) electrons. The lowest BCUT2D eigenvalue weighted by Gasteiger charge is -2.30. The Morgan fingerprint density at radius 1 is 1.00 bits per heavy atom. The number of carbonyl (C=O) groups excluding carboxylic acids is 3. The Morgan fingerprint density at radius 2 is 1.65 bits per heavy atom. The molecule has 10 nitrogen and oxygen atoms in total. The first-order valence-corrected chi connectivity index (χ1v) is 10.5. The van der Waals surface area contributed by atoms with Crippen molar-refractivity contribution in [3.63, 3.8) is 0 Å². The summed E-state index contributed by atoms with van der Waals surface area (Å²) in [6, 6.07) is 12.5. The van der Waals surface area contributed by atoms with Crippen LogP contribution in [0.4, 0.5) is 16.4 Å². The highest BCUT2D eigenvalue weighted by atomic mass is 16.5. The second-order valence-electron chi connectivity index (χ2n) is 7.36. The van der Waals surface area contributed by atoms with Gasteiger partial charge in [0.05, 0.1) is 30.9 Å². The first kappa shape index (κ1) is 26.3. The van der Waals surface area contributed by atoms with E-state index >= 15 is 0 Å². The number of fused-ring (bicyclic) bond motifs is 1. The van der Waals surface area contributed by atoms with Crippen molar-refractivity contribution in [3.05, 3.63) is 53.6 Å². The van der Waals surface area contributed by atoms with Crippen molar-refractivity contribution in [2.24, 2.45) is 0 Å². The van der Waals surface area contributed by atoms with Gasteiger partial charge < -0.3 is 19.2 Å². The highest BCUT2D eigenvalue weighted by molar-refractivity contribution is 6.01. The topological polar surface area (TPSA) is 123 Å². The number of esters is 1. The Hall–Kier alpha value is -3.92. The quantitative estimate of drug-likeness (QED) is 0.528. The molecule has 0 fully saturated rings. The molecule has 3 rings (SSSR count). The summed E-state index contributed by atoms with van der Waals surface area (Å²) in [6.45, 7) is 5.36. The van der Waals surface area contributed by atoms with Gasteiger partial charge >= 0.3 is 12.1 Å². The summed E-state index contributed by atoms with van der Waals surface area (Å²) in [4.78, 5) is 43.5. The van der Waals surface area contributed by atoms with Crippen molar-refractivity contribution in [2.75, 3.05) is 38.2 Å². The zero-order chi connectivity index (χ0) is 25.3. The molecule has 2 aromatic carbocycles. The van der Waals surface area contributed by atoms with Gasteiger partial charge in [0.1, 0.15) is 12.6 Å². The Kier molecular flexibility index (Phi) is 9.57. The average molecular weight is 471 g/mol. The molecule has 0 aliphatic rings. The Morgan fingerprint density at radius 3 is 2.21 bits per heavy atom. The zero-order valence-electron chi connectivity index (χ0n) is 20.2. The minimum atomic E-state index is -0.706. The molecular formula is C24H30N4O6. The summed E-state index contributed by atoms with van der Waals surface area (Å²) in [5.41, 5.74) is 4.25. The van der Waals surface area contributed by atoms with Crippen LogP contribution in [0.1, 0.15) is 18.1 Å². The predicted molar refractivity (Wildman–Crippen MR) is 129 cm³/mol. The van der Waals surface area contributed by atoms with Crippen LogP contribution in [0, 0.1) is 13.8 Å².